The molecule has 1 aromatic rings. The van der Waals surface area contributed by atoms with Crippen molar-refractivity contribution in [1.29, 1.82) is 0 Å². The van der Waals surface area contributed by atoms with Gasteiger partial charge >= 0.3 is 0 Å². The maximum atomic E-state index is 12.5. The molecule has 2 rings (SSSR count). The highest BCUT2D eigenvalue weighted by molar-refractivity contribution is 5.55. The number of benzene rings is 1. The summed E-state index contributed by atoms with van der Waals surface area (Å²) >= 11 is 0. The summed E-state index contributed by atoms with van der Waals surface area (Å²) in [7, 11) is 0. The first-order chi connectivity index (χ1) is 8.68. The fourth-order valence-electron chi connectivity index (χ4n) is 2.53. The zero-order valence-corrected chi connectivity index (χ0v) is 11.4. The van der Waals surface area contributed by atoms with Crippen LogP contribution in [0, 0.1) is 0 Å². The van der Waals surface area contributed by atoms with E-state index in [1.54, 1.807) is 0 Å². The number of fused-ring (bicyclic) bond motifs is 1. The number of hydrogen-bond donors (Lipinski definition) is 1. The van der Waals surface area contributed by atoms with Crippen molar-refractivity contribution in [3.63, 3.8) is 0 Å². The Balaban J connectivity index is 2.26. The summed E-state index contributed by atoms with van der Waals surface area (Å²) in [6.45, 7) is 6.85. The van der Waals surface area contributed by atoms with Crippen molar-refractivity contribution in [2.75, 3.05) is 24.7 Å². The van der Waals surface area contributed by atoms with Crippen LogP contribution in [0.5, 0.6) is 0 Å². The SMILES string of the molecule is CCC1(C)CN(CCCF)c2ccccc2CN1. The summed E-state index contributed by atoms with van der Waals surface area (Å²) < 4.78 is 12.5. The van der Waals surface area contributed by atoms with Gasteiger partial charge in [-0.15, -0.1) is 0 Å². The fraction of sp³-hybridized carbons (Fsp3) is 0.600. The van der Waals surface area contributed by atoms with E-state index in [0.717, 1.165) is 26.1 Å². The maximum absolute atomic E-state index is 12.5. The highest BCUT2D eigenvalue weighted by Crippen LogP contribution is 2.27. The van der Waals surface area contributed by atoms with E-state index < -0.39 is 0 Å². The van der Waals surface area contributed by atoms with Crippen LogP contribution in [0.25, 0.3) is 0 Å². The molecule has 1 aliphatic heterocycles. The predicted molar refractivity (Wildman–Crippen MR) is 74.8 cm³/mol. The van der Waals surface area contributed by atoms with E-state index in [2.05, 4.69) is 48.3 Å². The number of nitrogens with one attached hydrogen (secondary N) is 1. The number of hydrogen-bond acceptors (Lipinski definition) is 2. The molecule has 0 aromatic heterocycles. The summed E-state index contributed by atoms with van der Waals surface area (Å²) in [5, 5.41) is 3.63. The highest BCUT2D eigenvalue weighted by atomic mass is 19.1. The molecule has 0 radical (unpaired) electrons. The zero-order valence-electron chi connectivity index (χ0n) is 11.4. The molecule has 0 aliphatic carbocycles. The molecule has 0 amide bonds. The summed E-state index contributed by atoms with van der Waals surface area (Å²) in [4.78, 5) is 2.33. The van der Waals surface area contributed by atoms with Gasteiger partial charge < -0.3 is 10.2 Å². The largest absolute Gasteiger partial charge is 0.369 e. The second kappa shape index (κ2) is 5.70. The van der Waals surface area contributed by atoms with Crippen LogP contribution < -0.4 is 10.2 Å². The van der Waals surface area contributed by atoms with E-state index in [1.807, 2.05) is 0 Å². The molecule has 0 saturated heterocycles. The lowest BCUT2D eigenvalue weighted by Gasteiger charge is -2.34. The van der Waals surface area contributed by atoms with Gasteiger partial charge in [0.25, 0.3) is 0 Å². The molecule has 1 unspecified atom stereocenters. The molecular weight excluding hydrogens is 227 g/mol. The number of nitrogens with zero attached hydrogens (tertiary/aromatic N) is 1. The van der Waals surface area contributed by atoms with Crippen LogP contribution in [0.4, 0.5) is 10.1 Å². The average Bonchev–Trinajstić information content (AvgIpc) is 2.55. The molecule has 3 heteroatoms. The quantitative estimate of drug-likeness (QED) is 0.883. The van der Waals surface area contributed by atoms with Crippen LogP contribution in [-0.2, 0) is 6.54 Å². The van der Waals surface area contributed by atoms with Crippen LogP contribution in [0.3, 0.4) is 0 Å². The lowest BCUT2D eigenvalue weighted by atomic mass is 9.98. The van der Waals surface area contributed by atoms with Gasteiger partial charge in [0.2, 0.25) is 0 Å². The minimum atomic E-state index is -0.241. The first-order valence-corrected chi connectivity index (χ1v) is 6.82. The van der Waals surface area contributed by atoms with Gasteiger partial charge in [-0.1, -0.05) is 25.1 Å². The lowest BCUT2D eigenvalue weighted by molar-refractivity contribution is 0.346. The first kappa shape index (κ1) is 13.3. The zero-order chi connectivity index (χ0) is 13.0. The molecule has 1 heterocycles. The van der Waals surface area contributed by atoms with Gasteiger partial charge in [0.05, 0.1) is 6.67 Å². The van der Waals surface area contributed by atoms with Gasteiger partial charge in [-0.25, -0.2) is 0 Å². The molecule has 0 saturated carbocycles. The van der Waals surface area contributed by atoms with Gasteiger partial charge in [0.1, 0.15) is 0 Å². The number of anilines is 1. The Bertz CT molecular complexity index is 394. The second-order valence-electron chi connectivity index (χ2n) is 5.36. The number of halogens is 1. The summed E-state index contributed by atoms with van der Waals surface area (Å²) in [5.41, 5.74) is 2.68. The summed E-state index contributed by atoms with van der Waals surface area (Å²) in [6.07, 6.45) is 1.68. The predicted octanol–water partition coefficient (Wildman–Crippen LogP) is 3.12. The smallest absolute Gasteiger partial charge is 0.0911 e. The van der Waals surface area contributed by atoms with Crippen molar-refractivity contribution in [3.05, 3.63) is 29.8 Å². The van der Waals surface area contributed by atoms with Crippen LogP contribution in [-0.4, -0.2) is 25.3 Å². The third kappa shape index (κ3) is 2.83. The van der Waals surface area contributed by atoms with E-state index in [0.29, 0.717) is 6.42 Å². The van der Waals surface area contributed by atoms with Gasteiger partial charge in [-0.05, 0) is 31.4 Å². The van der Waals surface area contributed by atoms with E-state index >= 15 is 0 Å². The van der Waals surface area contributed by atoms with Crippen LogP contribution in [0.1, 0.15) is 32.3 Å². The Labute approximate surface area is 109 Å². The number of para-hydroxylation sites is 1. The molecule has 0 fully saturated rings. The lowest BCUT2D eigenvalue weighted by Crippen LogP contribution is -2.49. The van der Waals surface area contributed by atoms with Crippen molar-refractivity contribution >= 4 is 5.69 Å². The average molecular weight is 250 g/mol. The minimum Gasteiger partial charge on any atom is -0.369 e. The number of rotatable bonds is 4. The summed E-state index contributed by atoms with van der Waals surface area (Å²) in [5.74, 6) is 0. The molecule has 1 aliphatic rings. The topological polar surface area (TPSA) is 15.3 Å². The number of alkyl halides is 1. The van der Waals surface area contributed by atoms with Gasteiger partial charge in [0, 0.05) is 30.9 Å². The molecule has 1 atom stereocenters. The Kier molecular flexibility index (Phi) is 4.23. The van der Waals surface area contributed by atoms with Crippen molar-refractivity contribution in [1.82, 2.24) is 5.32 Å². The third-order valence-electron chi connectivity index (χ3n) is 3.92. The standard InChI is InChI=1S/C15H23FN2/c1-3-15(2)12-18(10-6-9-16)14-8-5-4-7-13(14)11-17-15/h4-5,7-8,17H,3,6,9-12H2,1-2H3. The van der Waals surface area contributed by atoms with Crippen LogP contribution in [0.2, 0.25) is 0 Å². The van der Waals surface area contributed by atoms with Gasteiger partial charge in [-0.3, -0.25) is 4.39 Å². The van der Waals surface area contributed by atoms with Gasteiger partial charge in [0.15, 0.2) is 0 Å². The molecule has 0 spiro atoms. The van der Waals surface area contributed by atoms with Crippen molar-refractivity contribution < 1.29 is 4.39 Å². The molecule has 0 bridgehead atoms. The second-order valence-corrected chi connectivity index (χ2v) is 5.36. The molecule has 1 aromatic carbocycles. The Hall–Kier alpha value is -1.09. The minimum absolute atomic E-state index is 0.106. The maximum Gasteiger partial charge on any atom is 0.0911 e. The molecule has 2 nitrogen and oxygen atoms in total. The van der Waals surface area contributed by atoms with Gasteiger partial charge in [-0.2, -0.15) is 0 Å². The molecular formula is C15H23FN2. The first-order valence-electron chi connectivity index (χ1n) is 6.82. The van der Waals surface area contributed by atoms with Crippen molar-refractivity contribution in [2.24, 2.45) is 0 Å². The van der Waals surface area contributed by atoms with E-state index in [1.165, 1.54) is 11.3 Å². The monoisotopic (exact) mass is 250 g/mol. The summed E-state index contributed by atoms with van der Waals surface area (Å²) in [6, 6.07) is 8.45. The van der Waals surface area contributed by atoms with E-state index in [9.17, 15) is 4.39 Å². The van der Waals surface area contributed by atoms with Crippen molar-refractivity contribution in [2.45, 2.75) is 38.8 Å². The van der Waals surface area contributed by atoms with Crippen LogP contribution in [0.15, 0.2) is 24.3 Å². The van der Waals surface area contributed by atoms with Crippen LogP contribution >= 0.6 is 0 Å². The Morgan fingerprint density at radius 2 is 2.17 bits per heavy atom. The fourth-order valence-corrected chi connectivity index (χ4v) is 2.53. The Morgan fingerprint density at radius 3 is 2.89 bits per heavy atom. The third-order valence-corrected chi connectivity index (χ3v) is 3.92. The highest BCUT2D eigenvalue weighted by Gasteiger charge is 2.28. The van der Waals surface area contributed by atoms with E-state index in [4.69, 9.17) is 0 Å². The van der Waals surface area contributed by atoms with E-state index in [-0.39, 0.29) is 12.2 Å². The Morgan fingerprint density at radius 1 is 1.39 bits per heavy atom. The molecule has 18 heavy (non-hydrogen) atoms. The van der Waals surface area contributed by atoms with Crippen molar-refractivity contribution in [3.8, 4) is 0 Å². The molecule has 1 N–H and O–H groups in total. The normalized spacial score (nSPS) is 23.6. The molecule has 100 valence electrons.